The Morgan fingerprint density at radius 1 is 1.41 bits per heavy atom. The number of ether oxygens (including phenoxy) is 1. The number of carbonyl (C=O) groups excluding carboxylic acids is 2. The Morgan fingerprint density at radius 3 is 2.77 bits per heavy atom. The molecule has 1 aliphatic rings. The van der Waals surface area contributed by atoms with Crippen molar-refractivity contribution in [3.8, 4) is 6.07 Å². The summed E-state index contributed by atoms with van der Waals surface area (Å²) in [6.45, 7) is 3.17. The quantitative estimate of drug-likeness (QED) is 0.929. The Labute approximate surface area is 129 Å². The zero-order chi connectivity index (χ0) is 15.9. The van der Waals surface area contributed by atoms with E-state index in [4.69, 9.17) is 10.00 Å². The van der Waals surface area contributed by atoms with Crippen LogP contribution in [0.4, 0.5) is 10.5 Å². The van der Waals surface area contributed by atoms with Crippen LogP contribution in [0.5, 0.6) is 0 Å². The van der Waals surface area contributed by atoms with Crippen LogP contribution in [-0.4, -0.2) is 36.6 Å². The molecule has 0 saturated carbocycles. The van der Waals surface area contributed by atoms with Gasteiger partial charge in [-0.05, 0) is 38.0 Å². The summed E-state index contributed by atoms with van der Waals surface area (Å²) in [5.41, 5.74) is 1.13. The molecule has 0 bridgehead atoms. The predicted octanol–water partition coefficient (Wildman–Crippen LogP) is 2.37. The fraction of sp³-hybridized carbons (Fsp3) is 0.438. The maximum absolute atomic E-state index is 12.2. The van der Waals surface area contributed by atoms with Crippen LogP contribution in [0.15, 0.2) is 24.3 Å². The van der Waals surface area contributed by atoms with Crippen LogP contribution < -0.4 is 5.32 Å². The molecule has 2 rings (SSSR count). The van der Waals surface area contributed by atoms with Gasteiger partial charge in [0.1, 0.15) is 0 Å². The van der Waals surface area contributed by atoms with E-state index < -0.39 is 0 Å². The Kier molecular flexibility index (Phi) is 5.37. The fourth-order valence-corrected chi connectivity index (χ4v) is 2.45. The first-order chi connectivity index (χ1) is 10.6. The molecule has 6 heteroatoms. The molecule has 0 unspecified atom stereocenters. The van der Waals surface area contributed by atoms with E-state index in [9.17, 15) is 9.59 Å². The Bertz CT molecular complexity index is 587. The van der Waals surface area contributed by atoms with Gasteiger partial charge in [0.05, 0.1) is 18.2 Å². The second kappa shape index (κ2) is 7.46. The summed E-state index contributed by atoms with van der Waals surface area (Å²) in [4.78, 5) is 25.5. The number of likely N-dealkylation sites (tertiary alicyclic amines) is 1. The number of carbonyl (C=O) groups is 2. The molecular formula is C16H19N3O3. The average Bonchev–Trinajstić information content (AvgIpc) is 2.55. The SMILES string of the molecule is CCOC(=O)N1CCC(C(=O)Nc2cccc(C#N)c2)CC1. The second-order valence-corrected chi connectivity index (χ2v) is 5.14. The van der Waals surface area contributed by atoms with E-state index in [1.165, 1.54) is 0 Å². The molecule has 1 fully saturated rings. The zero-order valence-corrected chi connectivity index (χ0v) is 12.5. The van der Waals surface area contributed by atoms with Gasteiger partial charge in [0.25, 0.3) is 0 Å². The summed E-state index contributed by atoms with van der Waals surface area (Å²) in [5, 5.41) is 11.7. The van der Waals surface area contributed by atoms with Gasteiger partial charge in [-0.2, -0.15) is 5.26 Å². The maximum atomic E-state index is 12.2. The van der Waals surface area contributed by atoms with Gasteiger partial charge in [0.2, 0.25) is 5.91 Å². The standard InChI is InChI=1S/C16H19N3O3/c1-2-22-16(21)19-8-6-13(7-9-19)15(20)18-14-5-3-4-12(10-14)11-17/h3-5,10,13H,2,6-9H2,1H3,(H,18,20). The molecule has 1 aromatic rings. The number of hydrogen-bond donors (Lipinski definition) is 1. The van der Waals surface area contributed by atoms with Crippen molar-refractivity contribution in [2.45, 2.75) is 19.8 Å². The first kappa shape index (κ1) is 15.8. The highest BCUT2D eigenvalue weighted by atomic mass is 16.6. The third kappa shape index (κ3) is 3.98. The predicted molar refractivity (Wildman–Crippen MR) is 81.1 cm³/mol. The van der Waals surface area contributed by atoms with Crippen molar-refractivity contribution in [2.75, 3.05) is 25.0 Å². The van der Waals surface area contributed by atoms with Crippen molar-refractivity contribution in [2.24, 2.45) is 5.92 Å². The molecule has 6 nitrogen and oxygen atoms in total. The van der Waals surface area contributed by atoms with E-state index in [0.717, 1.165) is 0 Å². The topological polar surface area (TPSA) is 82.4 Å². The van der Waals surface area contributed by atoms with Crippen molar-refractivity contribution < 1.29 is 14.3 Å². The van der Waals surface area contributed by atoms with Crippen LogP contribution in [0.25, 0.3) is 0 Å². The summed E-state index contributed by atoms with van der Waals surface area (Å²) in [7, 11) is 0. The highest BCUT2D eigenvalue weighted by Crippen LogP contribution is 2.20. The average molecular weight is 301 g/mol. The highest BCUT2D eigenvalue weighted by molar-refractivity contribution is 5.92. The Morgan fingerprint density at radius 2 is 2.14 bits per heavy atom. The molecule has 1 heterocycles. The smallest absolute Gasteiger partial charge is 0.409 e. The Balaban J connectivity index is 1.87. The van der Waals surface area contributed by atoms with Gasteiger partial charge >= 0.3 is 6.09 Å². The summed E-state index contributed by atoms with van der Waals surface area (Å²) in [6, 6.07) is 8.86. The number of nitrogens with zero attached hydrogens (tertiary/aromatic N) is 2. The fourth-order valence-electron chi connectivity index (χ4n) is 2.45. The molecular weight excluding hydrogens is 282 g/mol. The molecule has 0 aliphatic carbocycles. The lowest BCUT2D eigenvalue weighted by Gasteiger charge is -2.30. The van der Waals surface area contributed by atoms with Crippen molar-refractivity contribution in [1.29, 1.82) is 5.26 Å². The van der Waals surface area contributed by atoms with Gasteiger partial charge in [-0.15, -0.1) is 0 Å². The van der Waals surface area contributed by atoms with E-state index >= 15 is 0 Å². The van der Waals surface area contributed by atoms with Crippen LogP contribution in [-0.2, 0) is 9.53 Å². The summed E-state index contributed by atoms with van der Waals surface area (Å²) < 4.78 is 4.95. The largest absolute Gasteiger partial charge is 0.450 e. The number of hydrogen-bond acceptors (Lipinski definition) is 4. The molecule has 0 aromatic heterocycles. The zero-order valence-electron chi connectivity index (χ0n) is 12.5. The lowest BCUT2D eigenvalue weighted by atomic mass is 9.96. The van der Waals surface area contributed by atoms with Crippen LogP contribution in [0.1, 0.15) is 25.3 Å². The molecule has 0 atom stereocenters. The van der Waals surface area contributed by atoms with Crippen molar-refractivity contribution in [3.05, 3.63) is 29.8 Å². The normalized spacial score (nSPS) is 15.0. The number of benzene rings is 1. The first-order valence-corrected chi connectivity index (χ1v) is 7.36. The van der Waals surface area contributed by atoms with Crippen LogP contribution in [0, 0.1) is 17.2 Å². The third-order valence-electron chi connectivity index (χ3n) is 3.65. The molecule has 2 amide bonds. The van der Waals surface area contributed by atoms with E-state index in [1.807, 2.05) is 6.07 Å². The minimum absolute atomic E-state index is 0.0707. The van der Waals surface area contributed by atoms with E-state index in [2.05, 4.69) is 5.32 Å². The lowest BCUT2D eigenvalue weighted by Crippen LogP contribution is -2.41. The summed E-state index contributed by atoms with van der Waals surface area (Å²) in [6.07, 6.45) is 0.911. The van der Waals surface area contributed by atoms with Crippen molar-refractivity contribution in [3.63, 3.8) is 0 Å². The summed E-state index contributed by atoms with van der Waals surface area (Å²) in [5.74, 6) is -0.199. The molecule has 116 valence electrons. The molecule has 0 radical (unpaired) electrons. The van der Waals surface area contributed by atoms with Gasteiger partial charge in [-0.3, -0.25) is 4.79 Å². The molecule has 1 saturated heterocycles. The minimum atomic E-state index is -0.317. The number of nitrogens with one attached hydrogen (secondary N) is 1. The monoisotopic (exact) mass is 301 g/mol. The van der Waals surface area contributed by atoms with Gasteiger partial charge in [-0.25, -0.2) is 4.79 Å². The number of nitriles is 1. The van der Waals surface area contributed by atoms with E-state index in [0.29, 0.717) is 43.8 Å². The second-order valence-electron chi connectivity index (χ2n) is 5.14. The number of rotatable bonds is 3. The third-order valence-corrected chi connectivity index (χ3v) is 3.65. The van der Waals surface area contributed by atoms with Crippen LogP contribution in [0.3, 0.4) is 0 Å². The molecule has 1 aliphatic heterocycles. The van der Waals surface area contributed by atoms with Gasteiger partial charge in [-0.1, -0.05) is 6.07 Å². The maximum Gasteiger partial charge on any atom is 0.409 e. The molecule has 1 aromatic carbocycles. The van der Waals surface area contributed by atoms with Crippen LogP contribution in [0.2, 0.25) is 0 Å². The van der Waals surface area contributed by atoms with Crippen LogP contribution >= 0.6 is 0 Å². The van der Waals surface area contributed by atoms with E-state index in [1.54, 1.807) is 36.1 Å². The van der Waals surface area contributed by atoms with Gasteiger partial charge < -0.3 is 15.0 Å². The van der Waals surface area contributed by atoms with Gasteiger partial charge in [0, 0.05) is 24.7 Å². The molecule has 0 spiro atoms. The van der Waals surface area contributed by atoms with Gasteiger partial charge in [0.15, 0.2) is 0 Å². The number of amides is 2. The number of piperidine rings is 1. The molecule has 1 N–H and O–H groups in total. The Hall–Kier alpha value is -2.55. The van der Waals surface area contributed by atoms with Crippen molar-refractivity contribution >= 4 is 17.7 Å². The first-order valence-electron chi connectivity index (χ1n) is 7.36. The minimum Gasteiger partial charge on any atom is -0.450 e. The molecule has 22 heavy (non-hydrogen) atoms. The lowest BCUT2D eigenvalue weighted by molar-refractivity contribution is -0.121. The van der Waals surface area contributed by atoms with E-state index in [-0.39, 0.29) is 17.9 Å². The highest BCUT2D eigenvalue weighted by Gasteiger charge is 2.27. The van der Waals surface area contributed by atoms with Crippen molar-refractivity contribution in [1.82, 2.24) is 4.90 Å². The summed E-state index contributed by atoms with van der Waals surface area (Å²) >= 11 is 0. The number of anilines is 1.